The van der Waals surface area contributed by atoms with Crippen LogP contribution in [0.2, 0.25) is 0 Å². The van der Waals surface area contributed by atoms with Crippen LogP contribution >= 0.6 is 12.2 Å². The van der Waals surface area contributed by atoms with Crippen molar-refractivity contribution in [3.63, 3.8) is 0 Å². The van der Waals surface area contributed by atoms with Crippen LogP contribution in [0.15, 0.2) is 29.2 Å². The van der Waals surface area contributed by atoms with E-state index in [0.29, 0.717) is 23.6 Å². The second kappa shape index (κ2) is 7.39. The van der Waals surface area contributed by atoms with Crippen LogP contribution in [0.1, 0.15) is 38.2 Å². The Morgan fingerprint density at radius 1 is 1.27 bits per heavy atom. The molecule has 1 aromatic carbocycles. The van der Waals surface area contributed by atoms with Gasteiger partial charge in [-0.2, -0.15) is 0 Å². The minimum Gasteiger partial charge on any atom is -0.360 e. The second-order valence-corrected chi connectivity index (χ2v) is 7.85. The molecule has 122 valence electrons. The minimum absolute atomic E-state index is 0.119. The number of nitrogens with two attached hydrogens (primary N) is 1. The summed E-state index contributed by atoms with van der Waals surface area (Å²) < 4.78 is 22.4. The highest BCUT2D eigenvalue weighted by Crippen LogP contribution is 2.23. The Morgan fingerprint density at radius 3 is 2.50 bits per heavy atom. The molecule has 0 aliphatic heterocycles. The first-order valence-electron chi connectivity index (χ1n) is 7.52. The summed E-state index contributed by atoms with van der Waals surface area (Å²) in [5.74, 6) is 0.641. The molecular weight excluding hydrogens is 318 g/mol. The largest absolute Gasteiger partial charge is 0.360 e. The number of sulfonamides is 1. The van der Waals surface area contributed by atoms with Gasteiger partial charge in [0, 0.05) is 12.6 Å². The van der Waals surface area contributed by atoms with Crippen molar-refractivity contribution < 1.29 is 8.42 Å². The Morgan fingerprint density at radius 2 is 1.91 bits per heavy atom. The summed E-state index contributed by atoms with van der Waals surface area (Å²) >= 11 is 5.33. The van der Waals surface area contributed by atoms with Crippen LogP contribution in [0, 0.1) is 5.92 Å². The van der Waals surface area contributed by atoms with Crippen LogP contribution < -0.4 is 15.8 Å². The average Bonchev–Trinajstić information content (AvgIpc) is 2.47. The number of primary sulfonamides is 1. The second-order valence-electron chi connectivity index (χ2n) is 5.88. The fourth-order valence-electron chi connectivity index (χ4n) is 2.73. The summed E-state index contributed by atoms with van der Waals surface area (Å²) in [5, 5.41) is 12.3. The fraction of sp³-hybridized carbons (Fsp3) is 0.533. The highest BCUT2D eigenvalue weighted by Gasteiger charge is 2.21. The van der Waals surface area contributed by atoms with E-state index in [1.54, 1.807) is 12.1 Å². The molecule has 1 aliphatic carbocycles. The third kappa shape index (κ3) is 4.93. The van der Waals surface area contributed by atoms with Crippen LogP contribution in [0.3, 0.4) is 0 Å². The van der Waals surface area contributed by atoms with Crippen molar-refractivity contribution >= 4 is 27.4 Å². The summed E-state index contributed by atoms with van der Waals surface area (Å²) in [6.45, 7) is 2.81. The van der Waals surface area contributed by atoms with Crippen LogP contribution in [-0.4, -0.2) is 19.6 Å². The first-order valence-corrected chi connectivity index (χ1v) is 9.48. The SMILES string of the molecule is C[C@@H]1CCCC[C@@H]1NC(=S)NCc1ccc(S(N)(=O)=O)cc1. The lowest BCUT2D eigenvalue weighted by Gasteiger charge is -2.30. The highest BCUT2D eigenvalue weighted by atomic mass is 32.2. The molecule has 0 amide bonds. The summed E-state index contributed by atoms with van der Waals surface area (Å²) in [6.07, 6.45) is 4.96. The summed E-state index contributed by atoms with van der Waals surface area (Å²) in [4.78, 5) is 0.119. The zero-order chi connectivity index (χ0) is 16.2. The minimum atomic E-state index is -3.63. The van der Waals surface area contributed by atoms with Gasteiger partial charge in [-0.25, -0.2) is 13.6 Å². The zero-order valence-corrected chi connectivity index (χ0v) is 14.3. The maximum atomic E-state index is 11.2. The smallest absolute Gasteiger partial charge is 0.238 e. The molecule has 22 heavy (non-hydrogen) atoms. The summed E-state index contributed by atoms with van der Waals surface area (Å²) in [6, 6.07) is 6.92. The molecule has 0 spiro atoms. The van der Waals surface area contributed by atoms with Crippen molar-refractivity contribution in [1.82, 2.24) is 10.6 Å². The van der Waals surface area contributed by atoms with E-state index in [4.69, 9.17) is 17.4 Å². The Hall–Kier alpha value is -1.18. The number of hydrogen-bond donors (Lipinski definition) is 3. The molecule has 7 heteroatoms. The maximum Gasteiger partial charge on any atom is 0.238 e. The lowest BCUT2D eigenvalue weighted by atomic mass is 9.86. The molecule has 1 saturated carbocycles. The van der Waals surface area contributed by atoms with Gasteiger partial charge < -0.3 is 10.6 Å². The molecule has 0 aromatic heterocycles. The van der Waals surface area contributed by atoms with Crippen molar-refractivity contribution in [2.24, 2.45) is 11.1 Å². The van der Waals surface area contributed by atoms with Crippen molar-refractivity contribution in [1.29, 1.82) is 0 Å². The number of nitrogens with one attached hydrogen (secondary N) is 2. The van der Waals surface area contributed by atoms with E-state index in [2.05, 4.69) is 17.6 Å². The Bertz CT molecular complexity index is 614. The van der Waals surface area contributed by atoms with Crippen molar-refractivity contribution in [3.8, 4) is 0 Å². The predicted octanol–water partition coefficient (Wildman–Crippen LogP) is 1.88. The van der Waals surface area contributed by atoms with Crippen LogP contribution in [0.25, 0.3) is 0 Å². The zero-order valence-electron chi connectivity index (χ0n) is 12.7. The van der Waals surface area contributed by atoms with Crippen molar-refractivity contribution in [2.45, 2.75) is 50.1 Å². The standard InChI is InChI=1S/C15H23N3O2S2/c1-11-4-2-3-5-14(11)18-15(21)17-10-12-6-8-13(9-7-12)22(16,19)20/h6-9,11,14H,2-5,10H2,1H3,(H2,16,19,20)(H2,17,18,21)/t11-,14+/m1/s1. The van der Waals surface area contributed by atoms with Crippen LogP contribution in [0.5, 0.6) is 0 Å². The van der Waals surface area contributed by atoms with Gasteiger partial charge in [0.15, 0.2) is 5.11 Å². The number of thiocarbonyl (C=S) groups is 1. The van der Waals surface area contributed by atoms with E-state index >= 15 is 0 Å². The third-order valence-electron chi connectivity index (χ3n) is 4.13. The van der Waals surface area contributed by atoms with Gasteiger partial charge in [0.25, 0.3) is 0 Å². The predicted molar refractivity (Wildman–Crippen MR) is 91.8 cm³/mol. The third-order valence-corrected chi connectivity index (χ3v) is 5.32. The first kappa shape index (κ1) is 17.2. The van der Waals surface area contributed by atoms with Crippen LogP contribution in [0.4, 0.5) is 0 Å². The monoisotopic (exact) mass is 341 g/mol. The number of rotatable bonds is 4. The van der Waals surface area contributed by atoms with Gasteiger partial charge in [-0.3, -0.25) is 0 Å². The molecule has 1 fully saturated rings. The molecule has 0 bridgehead atoms. The van der Waals surface area contributed by atoms with Crippen LogP contribution in [-0.2, 0) is 16.6 Å². The van der Waals surface area contributed by atoms with Gasteiger partial charge >= 0.3 is 0 Å². The van der Waals surface area contributed by atoms with E-state index in [0.717, 1.165) is 12.0 Å². The van der Waals surface area contributed by atoms with Crippen molar-refractivity contribution in [2.75, 3.05) is 0 Å². The van der Waals surface area contributed by atoms with Gasteiger partial charge in [0.2, 0.25) is 10.0 Å². The molecular formula is C15H23N3O2S2. The molecule has 2 rings (SSSR count). The molecule has 1 aromatic rings. The van der Waals surface area contributed by atoms with E-state index < -0.39 is 10.0 Å². The average molecular weight is 342 g/mol. The quantitative estimate of drug-likeness (QED) is 0.728. The normalized spacial score (nSPS) is 22.1. The lowest BCUT2D eigenvalue weighted by molar-refractivity contribution is 0.308. The van der Waals surface area contributed by atoms with Gasteiger partial charge in [-0.05, 0) is 48.7 Å². The molecule has 0 unspecified atom stereocenters. The molecule has 2 atom stereocenters. The molecule has 0 heterocycles. The molecule has 4 N–H and O–H groups in total. The van der Waals surface area contributed by atoms with E-state index in [1.807, 2.05) is 0 Å². The highest BCUT2D eigenvalue weighted by molar-refractivity contribution is 7.89. The maximum absolute atomic E-state index is 11.2. The molecule has 0 radical (unpaired) electrons. The van der Waals surface area contributed by atoms with E-state index in [-0.39, 0.29) is 4.90 Å². The van der Waals surface area contributed by atoms with Gasteiger partial charge in [0.1, 0.15) is 0 Å². The number of benzene rings is 1. The van der Waals surface area contributed by atoms with Gasteiger partial charge in [0.05, 0.1) is 4.90 Å². The molecule has 5 nitrogen and oxygen atoms in total. The van der Waals surface area contributed by atoms with E-state index in [9.17, 15) is 8.42 Å². The Balaban J connectivity index is 1.83. The fourth-order valence-corrected chi connectivity index (χ4v) is 3.47. The summed E-state index contributed by atoms with van der Waals surface area (Å²) in [5.41, 5.74) is 0.952. The van der Waals surface area contributed by atoms with Gasteiger partial charge in [-0.1, -0.05) is 31.9 Å². The Labute approximate surface area is 137 Å². The lowest BCUT2D eigenvalue weighted by Crippen LogP contribution is -2.45. The molecule has 0 saturated heterocycles. The van der Waals surface area contributed by atoms with E-state index in [1.165, 1.54) is 31.4 Å². The number of hydrogen-bond acceptors (Lipinski definition) is 3. The topological polar surface area (TPSA) is 84.2 Å². The first-order chi connectivity index (χ1) is 10.4. The Kier molecular flexibility index (Phi) is 5.77. The summed E-state index contributed by atoms with van der Waals surface area (Å²) in [7, 11) is -3.63. The van der Waals surface area contributed by atoms with Gasteiger partial charge in [-0.15, -0.1) is 0 Å². The molecule has 1 aliphatic rings. The van der Waals surface area contributed by atoms with Crippen molar-refractivity contribution in [3.05, 3.63) is 29.8 Å².